The smallest absolute Gasteiger partial charge is 0.266 e. The van der Waals surface area contributed by atoms with Crippen LogP contribution in [0, 0.1) is 11.3 Å². The highest BCUT2D eigenvalue weighted by molar-refractivity contribution is 7.18. The Morgan fingerprint density at radius 1 is 1.50 bits per heavy atom. The van der Waals surface area contributed by atoms with Crippen LogP contribution >= 0.6 is 11.3 Å². The van der Waals surface area contributed by atoms with Crippen molar-refractivity contribution >= 4 is 38.4 Å². The highest BCUT2D eigenvalue weighted by atomic mass is 32.1. The quantitative estimate of drug-likeness (QED) is 0.731. The molecule has 0 saturated heterocycles. The van der Waals surface area contributed by atoms with Gasteiger partial charge in [-0.15, -0.1) is 11.3 Å². The molecule has 3 rings (SSSR count). The molecule has 1 aromatic carbocycles. The normalized spacial score (nSPS) is 10.8. The molecular weight excluding hydrogens is 276 g/mol. The number of fused-ring (bicyclic) bond motifs is 3. The third-order valence-electron chi connectivity index (χ3n) is 2.87. The zero-order valence-electron chi connectivity index (χ0n) is 10.1. The van der Waals surface area contributed by atoms with Gasteiger partial charge >= 0.3 is 0 Å². The van der Waals surface area contributed by atoms with Crippen LogP contribution in [0.3, 0.4) is 0 Å². The molecule has 0 radical (unpaired) electrons. The van der Waals surface area contributed by atoms with E-state index in [0.717, 1.165) is 4.70 Å². The van der Waals surface area contributed by atoms with E-state index in [9.17, 15) is 9.59 Å². The second-order valence-electron chi connectivity index (χ2n) is 4.25. The molecule has 3 aromatic rings. The Morgan fingerprint density at radius 3 is 3.00 bits per heavy atom. The van der Waals surface area contributed by atoms with Crippen LogP contribution in [0.5, 0.6) is 0 Å². The standard InChI is InChI=1S/C13H8N4O2S/c14-5-6-3-7-8(16-13(6)19)1-2-9-12(7)17-11(20-9)4-10(15)18/h1-3H,4H2,(H2,15,18)(H,16,19). The molecule has 7 heteroatoms. The van der Waals surface area contributed by atoms with Gasteiger partial charge in [-0.1, -0.05) is 0 Å². The van der Waals surface area contributed by atoms with Gasteiger partial charge in [-0.25, -0.2) is 4.98 Å². The molecule has 3 N–H and O–H groups in total. The van der Waals surface area contributed by atoms with Crippen LogP contribution in [-0.2, 0) is 11.2 Å². The van der Waals surface area contributed by atoms with E-state index in [2.05, 4.69) is 9.97 Å². The van der Waals surface area contributed by atoms with Crippen molar-refractivity contribution in [3.05, 3.63) is 39.1 Å². The molecule has 2 heterocycles. The summed E-state index contributed by atoms with van der Waals surface area (Å²) in [5.41, 5.74) is 6.05. The zero-order valence-corrected chi connectivity index (χ0v) is 11.0. The largest absolute Gasteiger partial charge is 0.369 e. The van der Waals surface area contributed by atoms with Gasteiger partial charge in [0.05, 0.1) is 22.2 Å². The predicted molar refractivity (Wildman–Crippen MR) is 75.4 cm³/mol. The van der Waals surface area contributed by atoms with Gasteiger partial charge in [-0.2, -0.15) is 5.26 Å². The maximum absolute atomic E-state index is 11.6. The number of nitriles is 1. The number of carbonyl (C=O) groups excluding carboxylic acids is 1. The summed E-state index contributed by atoms with van der Waals surface area (Å²) in [4.78, 5) is 29.6. The minimum absolute atomic E-state index is 0.0365. The van der Waals surface area contributed by atoms with Crippen molar-refractivity contribution < 1.29 is 4.79 Å². The number of carbonyl (C=O) groups is 1. The van der Waals surface area contributed by atoms with Gasteiger partial charge < -0.3 is 10.7 Å². The molecule has 2 aromatic heterocycles. The monoisotopic (exact) mass is 284 g/mol. The van der Waals surface area contributed by atoms with Crippen molar-refractivity contribution in [3.8, 4) is 6.07 Å². The van der Waals surface area contributed by atoms with E-state index in [-0.39, 0.29) is 12.0 Å². The highest BCUT2D eigenvalue weighted by Crippen LogP contribution is 2.28. The lowest BCUT2D eigenvalue weighted by molar-refractivity contribution is -0.117. The first-order chi connectivity index (χ1) is 9.58. The molecule has 0 aliphatic heterocycles. The van der Waals surface area contributed by atoms with Gasteiger partial charge in [0.2, 0.25) is 5.91 Å². The maximum Gasteiger partial charge on any atom is 0.266 e. The first kappa shape index (κ1) is 12.3. The van der Waals surface area contributed by atoms with Gasteiger partial charge in [0.15, 0.2) is 0 Å². The van der Waals surface area contributed by atoms with Crippen LogP contribution in [0.25, 0.3) is 21.1 Å². The van der Waals surface area contributed by atoms with E-state index in [1.165, 1.54) is 17.4 Å². The Kier molecular flexibility index (Phi) is 2.73. The molecule has 20 heavy (non-hydrogen) atoms. The minimum atomic E-state index is -0.445. The van der Waals surface area contributed by atoms with Crippen LogP contribution in [0.15, 0.2) is 23.0 Å². The number of rotatable bonds is 2. The summed E-state index contributed by atoms with van der Waals surface area (Å²) in [7, 11) is 0. The number of H-pyrrole nitrogens is 1. The Hall–Kier alpha value is -2.72. The van der Waals surface area contributed by atoms with Crippen molar-refractivity contribution in [2.24, 2.45) is 5.73 Å². The van der Waals surface area contributed by atoms with Gasteiger partial charge in [0, 0.05) is 5.39 Å². The molecule has 98 valence electrons. The molecule has 1 amide bonds. The SMILES string of the molecule is N#Cc1cc2c(ccc3sc(CC(N)=O)nc32)[nH]c1=O. The third kappa shape index (κ3) is 1.92. The van der Waals surface area contributed by atoms with Gasteiger partial charge in [-0.3, -0.25) is 9.59 Å². The molecule has 0 saturated carbocycles. The molecule has 0 atom stereocenters. The van der Waals surface area contributed by atoms with Crippen molar-refractivity contribution in [1.29, 1.82) is 5.26 Å². The van der Waals surface area contributed by atoms with E-state index < -0.39 is 11.5 Å². The molecular formula is C13H8N4O2S. The number of aromatic nitrogens is 2. The second kappa shape index (κ2) is 4.43. The number of pyridine rings is 1. The fourth-order valence-corrected chi connectivity index (χ4v) is 3.02. The Balaban J connectivity index is 2.34. The van der Waals surface area contributed by atoms with Crippen molar-refractivity contribution in [2.75, 3.05) is 0 Å². The van der Waals surface area contributed by atoms with Crippen LogP contribution in [-0.4, -0.2) is 15.9 Å². The topological polar surface area (TPSA) is 113 Å². The summed E-state index contributed by atoms with van der Waals surface area (Å²) in [6.07, 6.45) is 0.0787. The number of amides is 1. The molecule has 0 aliphatic carbocycles. The maximum atomic E-state index is 11.6. The predicted octanol–water partition coefficient (Wildman–Crippen LogP) is 1.04. The lowest BCUT2D eigenvalue weighted by atomic mass is 10.1. The fraction of sp³-hybridized carbons (Fsp3) is 0.0769. The first-order valence-electron chi connectivity index (χ1n) is 5.72. The summed E-state index contributed by atoms with van der Waals surface area (Å²) in [6, 6.07) is 6.94. The van der Waals surface area contributed by atoms with E-state index in [1.807, 2.05) is 12.1 Å². The summed E-state index contributed by atoms with van der Waals surface area (Å²) in [6.45, 7) is 0. The fourth-order valence-electron chi connectivity index (χ4n) is 2.02. The van der Waals surface area contributed by atoms with Gasteiger partial charge in [-0.05, 0) is 18.2 Å². The van der Waals surface area contributed by atoms with Crippen LogP contribution in [0.2, 0.25) is 0 Å². The van der Waals surface area contributed by atoms with Gasteiger partial charge in [0.25, 0.3) is 5.56 Å². The number of hydrogen-bond donors (Lipinski definition) is 2. The molecule has 0 aliphatic rings. The number of nitrogens with zero attached hydrogens (tertiary/aromatic N) is 2. The van der Waals surface area contributed by atoms with Crippen molar-refractivity contribution in [1.82, 2.24) is 9.97 Å². The number of primary amides is 1. The third-order valence-corrected chi connectivity index (χ3v) is 3.89. The lowest BCUT2D eigenvalue weighted by Crippen LogP contribution is -2.13. The van der Waals surface area contributed by atoms with Gasteiger partial charge in [0.1, 0.15) is 16.6 Å². The number of aromatic amines is 1. The summed E-state index contributed by atoms with van der Waals surface area (Å²) >= 11 is 1.37. The average molecular weight is 284 g/mol. The van der Waals surface area contributed by atoms with E-state index >= 15 is 0 Å². The number of nitrogens with one attached hydrogen (secondary N) is 1. The lowest BCUT2D eigenvalue weighted by Gasteiger charge is -1.98. The molecule has 0 unspecified atom stereocenters. The number of benzene rings is 1. The van der Waals surface area contributed by atoms with Crippen LogP contribution < -0.4 is 11.3 Å². The molecule has 0 fully saturated rings. The highest BCUT2D eigenvalue weighted by Gasteiger charge is 2.11. The second-order valence-corrected chi connectivity index (χ2v) is 5.36. The Morgan fingerprint density at radius 2 is 2.30 bits per heavy atom. The Bertz CT molecular complexity index is 949. The average Bonchev–Trinajstić information content (AvgIpc) is 2.79. The number of hydrogen-bond acceptors (Lipinski definition) is 5. The van der Waals surface area contributed by atoms with Crippen LogP contribution in [0.4, 0.5) is 0 Å². The first-order valence-corrected chi connectivity index (χ1v) is 6.54. The molecule has 0 spiro atoms. The van der Waals surface area contributed by atoms with Crippen molar-refractivity contribution in [2.45, 2.75) is 6.42 Å². The van der Waals surface area contributed by atoms with E-state index in [0.29, 0.717) is 21.4 Å². The summed E-state index contributed by atoms with van der Waals surface area (Å²) < 4.78 is 0.879. The minimum Gasteiger partial charge on any atom is -0.369 e. The van der Waals surface area contributed by atoms with Crippen LogP contribution in [0.1, 0.15) is 10.6 Å². The number of thiazole rings is 1. The zero-order chi connectivity index (χ0) is 14.3. The van der Waals surface area contributed by atoms with Crippen molar-refractivity contribution in [3.63, 3.8) is 0 Å². The Labute approximate surface area is 116 Å². The van der Waals surface area contributed by atoms with E-state index in [1.54, 1.807) is 6.07 Å². The van der Waals surface area contributed by atoms with E-state index in [4.69, 9.17) is 11.0 Å². The summed E-state index contributed by atoms with van der Waals surface area (Å²) in [5.74, 6) is -0.445. The number of nitrogens with two attached hydrogens (primary N) is 1. The summed E-state index contributed by atoms with van der Waals surface area (Å²) in [5, 5.41) is 10.2. The molecule has 0 bridgehead atoms. The molecule has 6 nitrogen and oxygen atoms in total.